The number of fused-ring (bicyclic) bond motifs is 3. The van der Waals surface area contributed by atoms with E-state index in [1.165, 1.54) is 22.1 Å². The lowest BCUT2D eigenvalue weighted by Crippen LogP contribution is -2.12. The number of aromatic amines is 1. The van der Waals surface area contributed by atoms with Crippen molar-refractivity contribution in [3.63, 3.8) is 0 Å². The van der Waals surface area contributed by atoms with E-state index in [9.17, 15) is 4.79 Å². The highest BCUT2D eigenvalue weighted by atomic mass is 16.1. The average molecular weight is 379 g/mol. The van der Waals surface area contributed by atoms with Gasteiger partial charge in [-0.3, -0.25) is 4.79 Å². The van der Waals surface area contributed by atoms with E-state index in [-0.39, 0.29) is 5.56 Å². The summed E-state index contributed by atoms with van der Waals surface area (Å²) in [5.74, 6) is 0. The molecule has 1 aliphatic carbocycles. The van der Waals surface area contributed by atoms with Crippen LogP contribution in [0.4, 0.5) is 5.69 Å². The predicted octanol–water partition coefficient (Wildman–Crippen LogP) is 5.37. The Morgan fingerprint density at radius 2 is 1.54 bits per heavy atom. The molecule has 0 unspecified atom stereocenters. The van der Waals surface area contributed by atoms with Crippen LogP contribution >= 0.6 is 0 Å². The van der Waals surface area contributed by atoms with Gasteiger partial charge in [-0.2, -0.15) is 0 Å². The molecule has 1 aliphatic rings. The van der Waals surface area contributed by atoms with E-state index >= 15 is 0 Å². The molecule has 0 spiro atoms. The van der Waals surface area contributed by atoms with Crippen molar-refractivity contribution >= 4 is 23.4 Å². The zero-order chi connectivity index (χ0) is 21.1. The minimum atomic E-state index is 0.0858. The standard InChI is InChI=1S/C19H18N2O.C2H6.C2H4.CH2O/c1-20-13-10-8-12(9-11-13)14-4-3-7-17-18(14)15-5-2-6-16(15)19(22)21-17;3*1-2/h3-4,7-11,20H,2,5-6H2,1H3,(H,21,22);1-2H3;1-2H2;1H2. The SMILES string of the molecule is C=C.C=O.CC.CNc1ccc(-c2cccc3[nH]c(=O)c4c(c23)CCC4)cc1. The van der Waals surface area contributed by atoms with E-state index in [4.69, 9.17) is 4.79 Å². The smallest absolute Gasteiger partial charge is 0.251 e. The molecule has 2 N–H and O–H groups in total. The second-order valence-electron chi connectivity index (χ2n) is 5.82. The molecule has 4 heteroatoms. The van der Waals surface area contributed by atoms with Gasteiger partial charge in [-0.1, -0.05) is 38.1 Å². The van der Waals surface area contributed by atoms with Gasteiger partial charge in [-0.15, -0.1) is 13.2 Å². The van der Waals surface area contributed by atoms with Gasteiger partial charge in [0, 0.05) is 29.2 Å². The summed E-state index contributed by atoms with van der Waals surface area (Å²) in [6.07, 6.45) is 2.97. The maximum Gasteiger partial charge on any atom is 0.251 e. The molecule has 28 heavy (non-hydrogen) atoms. The summed E-state index contributed by atoms with van der Waals surface area (Å²) in [6.45, 7) is 12.0. The molecule has 2 aromatic carbocycles. The molecular formula is C24H30N2O2. The topological polar surface area (TPSA) is 62.0 Å². The van der Waals surface area contributed by atoms with E-state index in [2.05, 4.69) is 53.8 Å². The van der Waals surface area contributed by atoms with Crippen molar-refractivity contribution in [3.8, 4) is 11.1 Å². The van der Waals surface area contributed by atoms with Crippen molar-refractivity contribution in [2.45, 2.75) is 33.1 Å². The normalized spacial score (nSPS) is 11.0. The van der Waals surface area contributed by atoms with Gasteiger partial charge in [0.05, 0.1) is 0 Å². The number of anilines is 1. The van der Waals surface area contributed by atoms with Crippen LogP contribution in [0.3, 0.4) is 0 Å². The summed E-state index contributed by atoms with van der Waals surface area (Å²) in [6, 6.07) is 14.6. The Kier molecular flexibility index (Phi) is 9.44. The summed E-state index contributed by atoms with van der Waals surface area (Å²) < 4.78 is 0. The maximum absolute atomic E-state index is 12.2. The number of hydrogen-bond acceptors (Lipinski definition) is 3. The summed E-state index contributed by atoms with van der Waals surface area (Å²) in [5, 5.41) is 4.36. The Morgan fingerprint density at radius 1 is 0.929 bits per heavy atom. The number of nitrogens with one attached hydrogen (secondary N) is 2. The first-order chi connectivity index (χ1) is 13.8. The number of carbonyl (C=O) groups is 1. The molecule has 4 rings (SSSR count). The molecule has 0 radical (unpaired) electrons. The monoisotopic (exact) mass is 378 g/mol. The van der Waals surface area contributed by atoms with Crippen LogP contribution in [0.15, 0.2) is 60.4 Å². The first-order valence-electron chi connectivity index (χ1n) is 9.52. The van der Waals surface area contributed by atoms with Gasteiger partial charge in [-0.05, 0) is 54.2 Å². The number of aromatic nitrogens is 1. The van der Waals surface area contributed by atoms with Crippen molar-refractivity contribution in [1.29, 1.82) is 0 Å². The van der Waals surface area contributed by atoms with Gasteiger partial charge in [0.25, 0.3) is 5.56 Å². The van der Waals surface area contributed by atoms with Gasteiger partial charge in [0.2, 0.25) is 0 Å². The Balaban J connectivity index is 0.000000599. The summed E-state index contributed by atoms with van der Waals surface area (Å²) >= 11 is 0. The highest BCUT2D eigenvalue weighted by Gasteiger charge is 2.20. The molecule has 0 bridgehead atoms. The summed E-state index contributed by atoms with van der Waals surface area (Å²) in [5.41, 5.74) is 6.74. The van der Waals surface area contributed by atoms with Crippen LogP contribution in [0.1, 0.15) is 31.4 Å². The highest BCUT2D eigenvalue weighted by molar-refractivity contribution is 5.98. The second kappa shape index (κ2) is 11.5. The lowest BCUT2D eigenvalue weighted by molar-refractivity contribution is -0.0979. The van der Waals surface area contributed by atoms with E-state index < -0.39 is 0 Å². The molecule has 0 fully saturated rings. The lowest BCUT2D eigenvalue weighted by atomic mass is 9.95. The van der Waals surface area contributed by atoms with Gasteiger partial charge in [-0.25, -0.2) is 0 Å². The molecule has 0 amide bonds. The van der Waals surface area contributed by atoms with Gasteiger partial charge < -0.3 is 15.1 Å². The van der Waals surface area contributed by atoms with Crippen molar-refractivity contribution in [3.05, 3.63) is 77.1 Å². The highest BCUT2D eigenvalue weighted by Crippen LogP contribution is 2.34. The fourth-order valence-electron chi connectivity index (χ4n) is 3.51. The predicted molar refractivity (Wildman–Crippen MR) is 121 cm³/mol. The van der Waals surface area contributed by atoms with Crippen molar-refractivity contribution in [1.82, 2.24) is 4.98 Å². The van der Waals surface area contributed by atoms with Crippen LogP contribution in [0.5, 0.6) is 0 Å². The molecule has 0 saturated heterocycles. The molecule has 0 saturated carbocycles. The molecule has 4 nitrogen and oxygen atoms in total. The van der Waals surface area contributed by atoms with Crippen molar-refractivity contribution < 1.29 is 4.79 Å². The van der Waals surface area contributed by atoms with Crippen LogP contribution < -0.4 is 10.9 Å². The zero-order valence-electron chi connectivity index (χ0n) is 17.1. The summed E-state index contributed by atoms with van der Waals surface area (Å²) in [7, 11) is 1.92. The van der Waals surface area contributed by atoms with Gasteiger partial charge >= 0.3 is 0 Å². The van der Waals surface area contributed by atoms with Crippen LogP contribution in [-0.2, 0) is 17.6 Å². The average Bonchev–Trinajstić information content (AvgIpc) is 3.28. The Bertz CT molecular complexity index is 941. The largest absolute Gasteiger partial charge is 0.388 e. The number of carbonyl (C=O) groups excluding carboxylic acids is 1. The first kappa shape index (κ1) is 22.9. The molecule has 1 heterocycles. The second-order valence-corrected chi connectivity index (χ2v) is 5.82. The van der Waals surface area contributed by atoms with E-state index in [0.717, 1.165) is 36.0 Å². The third kappa shape index (κ3) is 4.58. The molecule has 3 aromatic rings. The fourth-order valence-corrected chi connectivity index (χ4v) is 3.51. The fraction of sp³-hybridized carbons (Fsp3) is 0.250. The Hall–Kier alpha value is -3.14. The minimum absolute atomic E-state index is 0.0858. The number of benzene rings is 2. The van der Waals surface area contributed by atoms with E-state index in [1.54, 1.807) is 0 Å². The third-order valence-corrected chi connectivity index (χ3v) is 4.59. The third-order valence-electron chi connectivity index (χ3n) is 4.59. The maximum atomic E-state index is 12.2. The number of H-pyrrole nitrogens is 1. The van der Waals surface area contributed by atoms with Crippen molar-refractivity contribution in [2.24, 2.45) is 0 Å². The lowest BCUT2D eigenvalue weighted by Gasteiger charge is -2.12. The zero-order valence-corrected chi connectivity index (χ0v) is 17.1. The van der Waals surface area contributed by atoms with Crippen LogP contribution in [0.2, 0.25) is 0 Å². The number of hydrogen-bond donors (Lipinski definition) is 2. The number of aryl methyl sites for hydroxylation is 1. The van der Waals surface area contributed by atoms with Crippen LogP contribution in [0.25, 0.3) is 22.0 Å². The van der Waals surface area contributed by atoms with Crippen molar-refractivity contribution in [2.75, 3.05) is 12.4 Å². The Morgan fingerprint density at radius 3 is 2.14 bits per heavy atom. The van der Waals surface area contributed by atoms with E-state index in [1.807, 2.05) is 39.8 Å². The molecule has 0 aliphatic heterocycles. The van der Waals surface area contributed by atoms with Crippen LogP contribution in [0, 0.1) is 0 Å². The molecule has 1 aromatic heterocycles. The first-order valence-corrected chi connectivity index (χ1v) is 9.52. The Labute approximate surface area is 167 Å². The van der Waals surface area contributed by atoms with Crippen LogP contribution in [-0.4, -0.2) is 18.8 Å². The van der Waals surface area contributed by atoms with E-state index in [0.29, 0.717) is 0 Å². The van der Waals surface area contributed by atoms with Gasteiger partial charge in [0.1, 0.15) is 6.79 Å². The molecular weight excluding hydrogens is 348 g/mol. The number of pyridine rings is 1. The number of rotatable bonds is 2. The molecule has 0 atom stereocenters. The van der Waals surface area contributed by atoms with Gasteiger partial charge in [0.15, 0.2) is 0 Å². The quantitative estimate of drug-likeness (QED) is 0.589. The summed E-state index contributed by atoms with van der Waals surface area (Å²) in [4.78, 5) is 23.2. The molecule has 148 valence electrons. The minimum Gasteiger partial charge on any atom is -0.388 e.